The maximum Gasteiger partial charge on any atom is 0.238 e. The molecule has 7 heteroatoms. The van der Waals surface area contributed by atoms with Crippen molar-refractivity contribution in [1.29, 1.82) is 0 Å². The molecule has 21 heavy (non-hydrogen) atoms. The van der Waals surface area contributed by atoms with Crippen LogP contribution in [0.3, 0.4) is 0 Å². The lowest BCUT2D eigenvalue weighted by Crippen LogP contribution is -2.34. The monoisotopic (exact) mass is 313 g/mol. The SMILES string of the molecule is CCCN(CCC)CC(=O)Nc1cccc(S(N)(=O)=O)c1. The zero-order chi connectivity index (χ0) is 15.9. The lowest BCUT2D eigenvalue weighted by Gasteiger charge is -2.20. The second-order valence-corrected chi connectivity index (χ2v) is 6.46. The molecule has 3 N–H and O–H groups in total. The molecular formula is C14H23N3O3S. The number of anilines is 1. The van der Waals surface area contributed by atoms with Crippen LogP contribution in [0, 0.1) is 0 Å². The fourth-order valence-electron chi connectivity index (χ4n) is 2.06. The van der Waals surface area contributed by atoms with Gasteiger partial charge in [-0.15, -0.1) is 0 Å². The number of rotatable bonds is 8. The molecule has 1 rings (SSSR count). The zero-order valence-corrected chi connectivity index (χ0v) is 13.3. The van der Waals surface area contributed by atoms with Crippen LogP contribution in [0.1, 0.15) is 26.7 Å². The van der Waals surface area contributed by atoms with Crippen molar-refractivity contribution < 1.29 is 13.2 Å². The smallest absolute Gasteiger partial charge is 0.238 e. The fraction of sp³-hybridized carbons (Fsp3) is 0.500. The van der Waals surface area contributed by atoms with E-state index >= 15 is 0 Å². The van der Waals surface area contributed by atoms with Crippen molar-refractivity contribution in [2.24, 2.45) is 5.14 Å². The molecule has 1 aromatic carbocycles. The molecule has 0 saturated carbocycles. The van der Waals surface area contributed by atoms with E-state index in [1.54, 1.807) is 12.1 Å². The van der Waals surface area contributed by atoms with Crippen molar-refractivity contribution >= 4 is 21.6 Å². The Morgan fingerprint density at radius 3 is 2.38 bits per heavy atom. The van der Waals surface area contributed by atoms with Crippen LogP contribution in [-0.2, 0) is 14.8 Å². The molecule has 0 bridgehead atoms. The highest BCUT2D eigenvalue weighted by Crippen LogP contribution is 2.14. The van der Waals surface area contributed by atoms with Crippen LogP contribution < -0.4 is 10.5 Å². The minimum atomic E-state index is -3.76. The maximum absolute atomic E-state index is 12.0. The van der Waals surface area contributed by atoms with Crippen molar-refractivity contribution in [3.8, 4) is 0 Å². The molecule has 6 nitrogen and oxygen atoms in total. The predicted molar refractivity (Wildman–Crippen MR) is 83.5 cm³/mol. The Morgan fingerprint density at radius 2 is 1.86 bits per heavy atom. The summed E-state index contributed by atoms with van der Waals surface area (Å²) in [5.74, 6) is -0.163. The normalized spacial score (nSPS) is 11.6. The molecule has 0 aliphatic rings. The van der Waals surface area contributed by atoms with Gasteiger partial charge in [0.25, 0.3) is 0 Å². The molecule has 0 atom stereocenters. The number of hydrogen-bond donors (Lipinski definition) is 2. The lowest BCUT2D eigenvalue weighted by molar-refractivity contribution is -0.117. The van der Waals surface area contributed by atoms with Crippen LogP contribution in [0.4, 0.5) is 5.69 Å². The van der Waals surface area contributed by atoms with Gasteiger partial charge in [-0.1, -0.05) is 19.9 Å². The Balaban J connectivity index is 2.70. The Morgan fingerprint density at radius 1 is 1.24 bits per heavy atom. The van der Waals surface area contributed by atoms with Crippen LogP contribution in [0.25, 0.3) is 0 Å². The molecule has 0 spiro atoms. The number of amides is 1. The lowest BCUT2D eigenvalue weighted by atomic mass is 10.3. The molecule has 0 heterocycles. The molecule has 0 aliphatic heterocycles. The highest BCUT2D eigenvalue weighted by molar-refractivity contribution is 7.89. The van der Waals surface area contributed by atoms with Gasteiger partial charge in [0.15, 0.2) is 0 Å². The zero-order valence-electron chi connectivity index (χ0n) is 12.5. The topological polar surface area (TPSA) is 92.5 Å². The third kappa shape index (κ3) is 6.24. The van der Waals surface area contributed by atoms with Gasteiger partial charge < -0.3 is 5.32 Å². The Bertz CT molecular complexity index is 567. The number of benzene rings is 1. The van der Waals surface area contributed by atoms with E-state index in [0.29, 0.717) is 12.2 Å². The summed E-state index contributed by atoms with van der Waals surface area (Å²) in [5.41, 5.74) is 0.430. The molecule has 1 amide bonds. The first-order chi connectivity index (χ1) is 9.86. The van der Waals surface area contributed by atoms with Gasteiger partial charge in [-0.2, -0.15) is 0 Å². The molecule has 1 aromatic rings. The molecule has 0 aromatic heterocycles. The Labute approximate surface area is 126 Å². The first kappa shape index (κ1) is 17.6. The summed E-state index contributed by atoms with van der Waals surface area (Å²) >= 11 is 0. The van der Waals surface area contributed by atoms with Gasteiger partial charge in [-0.05, 0) is 44.1 Å². The highest BCUT2D eigenvalue weighted by Gasteiger charge is 2.12. The van der Waals surface area contributed by atoms with E-state index in [1.165, 1.54) is 12.1 Å². The Kier molecular flexibility index (Phi) is 6.80. The molecule has 0 unspecified atom stereocenters. The number of sulfonamides is 1. The van der Waals surface area contributed by atoms with Crippen molar-refractivity contribution in [2.45, 2.75) is 31.6 Å². The van der Waals surface area contributed by atoms with Crippen molar-refractivity contribution in [3.63, 3.8) is 0 Å². The van der Waals surface area contributed by atoms with Crippen LogP contribution >= 0.6 is 0 Å². The van der Waals surface area contributed by atoms with Crippen molar-refractivity contribution in [3.05, 3.63) is 24.3 Å². The molecule has 0 saturated heterocycles. The summed E-state index contributed by atoms with van der Waals surface area (Å²) < 4.78 is 22.6. The summed E-state index contributed by atoms with van der Waals surface area (Å²) in [5, 5.41) is 7.77. The van der Waals surface area contributed by atoms with Gasteiger partial charge in [0.2, 0.25) is 15.9 Å². The summed E-state index contributed by atoms with van der Waals surface area (Å²) in [6, 6.07) is 5.93. The number of nitrogens with two attached hydrogens (primary N) is 1. The van der Waals surface area contributed by atoms with Crippen molar-refractivity contribution in [2.75, 3.05) is 25.0 Å². The van der Waals surface area contributed by atoms with E-state index in [9.17, 15) is 13.2 Å². The third-order valence-corrected chi connectivity index (χ3v) is 3.80. The second kappa shape index (κ2) is 8.11. The average Bonchev–Trinajstić information content (AvgIpc) is 2.38. The van der Waals surface area contributed by atoms with E-state index in [-0.39, 0.29) is 10.8 Å². The van der Waals surface area contributed by atoms with E-state index in [2.05, 4.69) is 24.1 Å². The summed E-state index contributed by atoms with van der Waals surface area (Å²) in [6.45, 7) is 6.14. The van der Waals surface area contributed by atoms with Crippen LogP contribution in [0.15, 0.2) is 29.2 Å². The first-order valence-electron chi connectivity index (χ1n) is 7.02. The molecule has 0 fully saturated rings. The minimum Gasteiger partial charge on any atom is -0.325 e. The van der Waals surface area contributed by atoms with E-state index in [1.807, 2.05) is 0 Å². The van der Waals surface area contributed by atoms with Gasteiger partial charge in [0, 0.05) is 5.69 Å². The minimum absolute atomic E-state index is 0.0146. The number of carbonyl (C=O) groups is 1. The molecular weight excluding hydrogens is 290 g/mol. The van der Waals surface area contributed by atoms with Gasteiger partial charge >= 0.3 is 0 Å². The number of primary sulfonamides is 1. The molecule has 0 aliphatic carbocycles. The quantitative estimate of drug-likeness (QED) is 0.758. The molecule has 0 radical (unpaired) electrons. The van der Waals surface area contributed by atoms with Crippen LogP contribution in [0.2, 0.25) is 0 Å². The number of carbonyl (C=O) groups excluding carboxylic acids is 1. The summed E-state index contributed by atoms with van der Waals surface area (Å²) in [6.07, 6.45) is 1.96. The van der Waals surface area contributed by atoms with Crippen LogP contribution in [0.5, 0.6) is 0 Å². The fourth-order valence-corrected chi connectivity index (χ4v) is 2.62. The maximum atomic E-state index is 12.0. The van der Waals surface area contributed by atoms with E-state index in [4.69, 9.17) is 5.14 Å². The average molecular weight is 313 g/mol. The number of nitrogens with one attached hydrogen (secondary N) is 1. The Hall–Kier alpha value is -1.44. The number of hydrogen-bond acceptors (Lipinski definition) is 4. The van der Waals surface area contributed by atoms with Gasteiger partial charge in [-0.25, -0.2) is 13.6 Å². The predicted octanol–water partition coefficient (Wildman–Crippen LogP) is 1.39. The van der Waals surface area contributed by atoms with Gasteiger partial charge in [-0.3, -0.25) is 9.69 Å². The summed E-state index contributed by atoms with van der Waals surface area (Å²) in [4.78, 5) is 14.1. The first-order valence-corrected chi connectivity index (χ1v) is 8.56. The van der Waals surface area contributed by atoms with E-state index < -0.39 is 10.0 Å². The van der Waals surface area contributed by atoms with E-state index in [0.717, 1.165) is 25.9 Å². The highest BCUT2D eigenvalue weighted by atomic mass is 32.2. The van der Waals surface area contributed by atoms with Crippen LogP contribution in [-0.4, -0.2) is 38.9 Å². The summed E-state index contributed by atoms with van der Waals surface area (Å²) in [7, 11) is -3.76. The van der Waals surface area contributed by atoms with Gasteiger partial charge in [0.1, 0.15) is 0 Å². The largest absolute Gasteiger partial charge is 0.325 e. The standard InChI is InChI=1S/C14H23N3O3S/c1-3-8-17(9-4-2)11-14(18)16-12-6-5-7-13(10-12)21(15,19)20/h5-7,10H,3-4,8-9,11H2,1-2H3,(H,16,18)(H2,15,19,20). The van der Waals surface area contributed by atoms with Crippen molar-refractivity contribution in [1.82, 2.24) is 4.90 Å². The second-order valence-electron chi connectivity index (χ2n) is 4.90. The third-order valence-electron chi connectivity index (χ3n) is 2.89. The van der Waals surface area contributed by atoms with Gasteiger partial charge in [0.05, 0.1) is 11.4 Å². The number of nitrogens with zero attached hydrogens (tertiary/aromatic N) is 1. The molecule has 118 valence electrons.